The number of likely N-dealkylation sites (N-methyl/N-ethyl adjacent to an activating group) is 1. The van der Waals surface area contributed by atoms with Gasteiger partial charge in [-0.05, 0) is 33.2 Å². The van der Waals surface area contributed by atoms with Gasteiger partial charge in [-0.25, -0.2) is 0 Å². The third-order valence-corrected chi connectivity index (χ3v) is 3.13. The van der Waals surface area contributed by atoms with Crippen LogP contribution in [0.15, 0.2) is 0 Å². The summed E-state index contributed by atoms with van der Waals surface area (Å²) in [5, 5.41) is 0. The van der Waals surface area contributed by atoms with Gasteiger partial charge in [0, 0.05) is 18.1 Å². The predicted molar refractivity (Wildman–Crippen MR) is 57.8 cm³/mol. The fraction of sp³-hybridized carbons (Fsp3) is 1.00. The molecule has 1 unspecified atom stereocenters. The van der Waals surface area contributed by atoms with Crippen LogP contribution in [0.1, 0.15) is 46.0 Å². The van der Waals surface area contributed by atoms with Gasteiger partial charge in [0.25, 0.3) is 0 Å². The maximum atomic E-state index is 6.20. The quantitative estimate of drug-likeness (QED) is 0.708. The van der Waals surface area contributed by atoms with Crippen LogP contribution < -0.4 is 5.73 Å². The van der Waals surface area contributed by atoms with Gasteiger partial charge in [0.15, 0.2) is 0 Å². The first-order chi connectivity index (χ1) is 6.05. The van der Waals surface area contributed by atoms with Crippen LogP contribution in [-0.4, -0.2) is 30.1 Å². The van der Waals surface area contributed by atoms with E-state index in [1.165, 1.54) is 25.7 Å². The zero-order valence-electron chi connectivity index (χ0n) is 9.34. The summed E-state index contributed by atoms with van der Waals surface area (Å²) in [5.41, 5.74) is 6.22. The van der Waals surface area contributed by atoms with Gasteiger partial charge in [-0.2, -0.15) is 0 Å². The highest BCUT2D eigenvalue weighted by atomic mass is 15.2. The minimum absolute atomic E-state index is 0.0130. The molecule has 2 N–H and O–H groups in total. The number of nitrogens with zero attached hydrogens (tertiary/aromatic N) is 1. The van der Waals surface area contributed by atoms with Gasteiger partial charge in [-0.1, -0.05) is 19.8 Å². The van der Waals surface area contributed by atoms with Crippen LogP contribution in [0, 0.1) is 0 Å². The van der Waals surface area contributed by atoms with Crippen LogP contribution in [0.5, 0.6) is 0 Å². The Labute approximate surface area is 82.5 Å². The molecule has 1 aliphatic carbocycles. The summed E-state index contributed by atoms with van der Waals surface area (Å²) in [6.45, 7) is 5.42. The second-order valence-electron chi connectivity index (χ2n) is 4.90. The first-order valence-electron chi connectivity index (χ1n) is 5.54. The van der Waals surface area contributed by atoms with Crippen molar-refractivity contribution in [2.75, 3.05) is 13.6 Å². The normalized spacial score (nSPS) is 22.8. The molecular formula is C11H24N2. The monoisotopic (exact) mass is 184 g/mol. The third-order valence-electron chi connectivity index (χ3n) is 3.13. The number of hydrogen-bond acceptors (Lipinski definition) is 2. The largest absolute Gasteiger partial charge is 0.324 e. The maximum Gasteiger partial charge on any atom is 0.0254 e. The minimum atomic E-state index is 0.0130. The van der Waals surface area contributed by atoms with Crippen molar-refractivity contribution in [3.8, 4) is 0 Å². The first-order valence-corrected chi connectivity index (χ1v) is 5.54. The van der Waals surface area contributed by atoms with E-state index in [9.17, 15) is 0 Å². The SMILES string of the molecule is CCCC(C)(N)CN(C)C1CCC1. The Morgan fingerprint density at radius 2 is 2.08 bits per heavy atom. The lowest BCUT2D eigenvalue weighted by Crippen LogP contribution is -2.50. The Hall–Kier alpha value is -0.0800. The van der Waals surface area contributed by atoms with Crippen LogP contribution in [0.25, 0.3) is 0 Å². The summed E-state index contributed by atoms with van der Waals surface area (Å²) >= 11 is 0. The van der Waals surface area contributed by atoms with E-state index in [2.05, 4.69) is 25.8 Å². The fourth-order valence-electron chi connectivity index (χ4n) is 2.18. The summed E-state index contributed by atoms with van der Waals surface area (Å²) in [5.74, 6) is 0. The second kappa shape index (κ2) is 4.43. The fourth-order valence-corrected chi connectivity index (χ4v) is 2.18. The zero-order chi connectivity index (χ0) is 9.90. The molecule has 0 heterocycles. The topological polar surface area (TPSA) is 29.3 Å². The molecule has 0 saturated heterocycles. The van der Waals surface area contributed by atoms with E-state index in [4.69, 9.17) is 5.73 Å². The van der Waals surface area contributed by atoms with E-state index in [-0.39, 0.29) is 5.54 Å². The Balaban J connectivity index is 2.28. The lowest BCUT2D eigenvalue weighted by Gasteiger charge is -2.39. The van der Waals surface area contributed by atoms with E-state index in [0.717, 1.165) is 19.0 Å². The molecule has 0 aromatic rings. The number of rotatable bonds is 5. The van der Waals surface area contributed by atoms with Crippen molar-refractivity contribution in [3.05, 3.63) is 0 Å². The van der Waals surface area contributed by atoms with Crippen molar-refractivity contribution in [1.82, 2.24) is 4.90 Å². The van der Waals surface area contributed by atoms with Gasteiger partial charge in [0.05, 0.1) is 0 Å². The predicted octanol–water partition coefficient (Wildman–Crippen LogP) is 1.99. The summed E-state index contributed by atoms with van der Waals surface area (Å²) < 4.78 is 0. The highest BCUT2D eigenvalue weighted by Crippen LogP contribution is 2.25. The Bertz CT molecular complexity index is 150. The zero-order valence-corrected chi connectivity index (χ0v) is 9.34. The molecule has 0 amide bonds. The first kappa shape index (κ1) is 11.0. The molecule has 0 radical (unpaired) electrons. The van der Waals surface area contributed by atoms with E-state index in [1.54, 1.807) is 0 Å². The molecule has 0 aliphatic heterocycles. The van der Waals surface area contributed by atoms with Gasteiger partial charge in [0.2, 0.25) is 0 Å². The summed E-state index contributed by atoms with van der Waals surface area (Å²) in [7, 11) is 2.21. The molecule has 0 spiro atoms. The van der Waals surface area contributed by atoms with Gasteiger partial charge < -0.3 is 10.6 Å². The van der Waals surface area contributed by atoms with E-state index >= 15 is 0 Å². The van der Waals surface area contributed by atoms with E-state index < -0.39 is 0 Å². The number of nitrogens with two attached hydrogens (primary N) is 1. The molecule has 0 aromatic heterocycles. The minimum Gasteiger partial charge on any atom is -0.324 e. The molecule has 0 aromatic carbocycles. The van der Waals surface area contributed by atoms with Crippen LogP contribution >= 0.6 is 0 Å². The lowest BCUT2D eigenvalue weighted by molar-refractivity contribution is 0.128. The van der Waals surface area contributed by atoms with Gasteiger partial charge in [-0.15, -0.1) is 0 Å². The van der Waals surface area contributed by atoms with Crippen molar-refractivity contribution in [1.29, 1.82) is 0 Å². The second-order valence-corrected chi connectivity index (χ2v) is 4.90. The smallest absolute Gasteiger partial charge is 0.0254 e. The van der Waals surface area contributed by atoms with Gasteiger partial charge in [-0.3, -0.25) is 0 Å². The van der Waals surface area contributed by atoms with E-state index in [1.807, 2.05) is 0 Å². The van der Waals surface area contributed by atoms with Gasteiger partial charge >= 0.3 is 0 Å². The Morgan fingerprint density at radius 3 is 2.46 bits per heavy atom. The Morgan fingerprint density at radius 1 is 1.46 bits per heavy atom. The van der Waals surface area contributed by atoms with Crippen molar-refractivity contribution in [3.63, 3.8) is 0 Å². The van der Waals surface area contributed by atoms with Crippen LogP contribution in [0.4, 0.5) is 0 Å². The van der Waals surface area contributed by atoms with Crippen LogP contribution in [0.2, 0.25) is 0 Å². The average molecular weight is 184 g/mol. The van der Waals surface area contributed by atoms with Crippen molar-refractivity contribution in [2.45, 2.75) is 57.5 Å². The van der Waals surface area contributed by atoms with Crippen molar-refractivity contribution in [2.24, 2.45) is 5.73 Å². The molecule has 0 bridgehead atoms. The van der Waals surface area contributed by atoms with Crippen LogP contribution in [-0.2, 0) is 0 Å². The number of hydrogen-bond donors (Lipinski definition) is 1. The standard InChI is InChI=1S/C11H24N2/c1-4-8-11(2,12)9-13(3)10-6-5-7-10/h10H,4-9,12H2,1-3H3. The third kappa shape index (κ3) is 3.28. The van der Waals surface area contributed by atoms with E-state index in [0.29, 0.717) is 0 Å². The lowest BCUT2D eigenvalue weighted by atomic mass is 9.89. The molecule has 1 fully saturated rings. The maximum absolute atomic E-state index is 6.20. The molecule has 1 aliphatic rings. The van der Waals surface area contributed by atoms with Crippen molar-refractivity contribution < 1.29 is 0 Å². The van der Waals surface area contributed by atoms with Crippen LogP contribution in [0.3, 0.4) is 0 Å². The average Bonchev–Trinajstić information content (AvgIpc) is 1.79. The molecule has 2 nitrogen and oxygen atoms in total. The molecule has 78 valence electrons. The molecule has 2 heteroatoms. The summed E-state index contributed by atoms with van der Waals surface area (Å²) in [6.07, 6.45) is 6.47. The Kier molecular flexibility index (Phi) is 3.74. The molecule has 13 heavy (non-hydrogen) atoms. The van der Waals surface area contributed by atoms with Crippen molar-refractivity contribution >= 4 is 0 Å². The highest BCUT2D eigenvalue weighted by Gasteiger charge is 2.27. The molecule has 1 rings (SSSR count). The van der Waals surface area contributed by atoms with Gasteiger partial charge in [0.1, 0.15) is 0 Å². The summed E-state index contributed by atoms with van der Waals surface area (Å²) in [6, 6.07) is 0.819. The molecular weight excluding hydrogens is 160 g/mol. The summed E-state index contributed by atoms with van der Waals surface area (Å²) in [4.78, 5) is 2.44. The molecule has 1 atom stereocenters. The highest BCUT2D eigenvalue weighted by molar-refractivity contribution is 4.86. The molecule has 1 saturated carbocycles.